The maximum absolute atomic E-state index is 11.5. The van der Waals surface area contributed by atoms with E-state index in [1.54, 1.807) is 27.7 Å². The lowest BCUT2D eigenvalue weighted by Crippen LogP contribution is -2.27. The smallest absolute Gasteiger partial charge is 0.311 e. The highest BCUT2D eigenvalue weighted by Gasteiger charge is 2.27. The molecule has 47 heavy (non-hydrogen) atoms. The van der Waals surface area contributed by atoms with Gasteiger partial charge >= 0.3 is 23.9 Å². The summed E-state index contributed by atoms with van der Waals surface area (Å²) < 4.78 is 9.65. The molecular formula is C38H58O8S. The summed E-state index contributed by atoms with van der Waals surface area (Å²) in [7, 11) is 0. The fourth-order valence-corrected chi connectivity index (χ4v) is 3.61. The normalized spacial score (nSPS) is 11.1. The molecule has 1 unspecified atom stereocenters. The number of aliphatic carboxylic acids is 2. The monoisotopic (exact) mass is 674 g/mol. The Hall–Kier alpha value is -3.59. The number of carboxylic acids is 2. The lowest BCUT2D eigenvalue weighted by molar-refractivity contribution is -0.159. The number of carbonyl (C=O) groups is 4. The standard InChI is InChI=1S/C12H20O6.C12H18S.C8H8.C6H12O2/c1-4-12(2,3)11(16)18-8-7-17-10(15)6-5-9(13)14;1-4-10(3)11-6-8-12(9-7-11)13-5-2;1-2-8-6-4-3-5-7-8;1-4-6(2,3)5(7)8/h4-8H2,1-3H3,(H,13,14);6-10H,4-5H2,1-3H3;2-7H,1H2;4H2,1-3H3,(H,7,8). The van der Waals surface area contributed by atoms with Gasteiger partial charge < -0.3 is 19.7 Å². The van der Waals surface area contributed by atoms with Gasteiger partial charge in [-0.3, -0.25) is 19.2 Å². The summed E-state index contributed by atoms with van der Waals surface area (Å²) in [4.78, 5) is 44.4. The Bertz CT molecular complexity index is 1170. The minimum Gasteiger partial charge on any atom is -0.481 e. The molecular weight excluding hydrogens is 616 g/mol. The van der Waals surface area contributed by atoms with E-state index < -0.39 is 28.7 Å². The summed E-state index contributed by atoms with van der Waals surface area (Å²) in [6.45, 7) is 21.0. The molecule has 2 N–H and O–H groups in total. The Morgan fingerprint density at radius 2 is 1.34 bits per heavy atom. The lowest BCUT2D eigenvalue weighted by atomic mass is 9.91. The van der Waals surface area contributed by atoms with Gasteiger partial charge in [0.2, 0.25) is 0 Å². The van der Waals surface area contributed by atoms with E-state index >= 15 is 0 Å². The number of ether oxygens (including phenoxy) is 2. The van der Waals surface area contributed by atoms with Crippen molar-refractivity contribution >= 4 is 41.7 Å². The van der Waals surface area contributed by atoms with Crippen molar-refractivity contribution in [3.8, 4) is 0 Å². The highest BCUT2D eigenvalue weighted by molar-refractivity contribution is 7.99. The maximum Gasteiger partial charge on any atom is 0.311 e. The van der Waals surface area contributed by atoms with E-state index in [2.05, 4.69) is 51.6 Å². The van der Waals surface area contributed by atoms with Crippen LogP contribution in [0.3, 0.4) is 0 Å². The molecule has 2 rings (SSSR count). The van der Waals surface area contributed by atoms with Gasteiger partial charge in [-0.1, -0.05) is 89.7 Å². The van der Waals surface area contributed by atoms with Crippen molar-refractivity contribution in [2.75, 3.05) is 19.0 Å². The van der Waals surface area contributed by atoms with Crippen LogP contribution in [0, 0.1) is 10.8 Å². The minimum absolute atomic E-state index is 0.0128. The van der Waals surface area contributed by atoms with Gasteiger partial charge in [-0.05, 0) is 81.9 Å². The summed E-state index contributed by atoms with van der Waals surface area (Å²) in [5, 5.41) is 16.8. The molecule has 9 heteroatoms. The average molecular weight is 675 g/mol. The second-order valence-electron chi connectivity index (χ2n) is 12.0. The Kier molecular flexibility index (Phi) is 24.7. The lowest BCUT2D eigenvalue weighted by Gasteiger charge is -2.20. The third-order valence-electron chi connectivity index (χ3n) is 7.43. The molecule has 0 radical (unpaired) electrons. The zero-order chi connectivity index (χ0) is 36.5. The molecule has 0 aliphatic rings. The van der Waals surface area contributed by atoms with Crippen LogP contribution in [0.2, 0.25) is 0 Å². The van der Waals surface area contributed by atoms with E-state index in [-0.39, 0.29) is 32.0 Å². The SMILES string of the molecule is C=Cc1ccccc1.CCC(C)(C)C(=O)O.CCC(C)(C)C(=O)OCCOC(=O)CCC(=O)O.CCSc1ccc(C(C)CC)cc1. The first-order valence-electron chi connectivity index (χ1n) is 16.2. The van der Waals surface area contributed by atoms with E-state index in [4.69, 9.17) is 19.7 Å². The van der Waals surface area contributed by atoms with Crippen molar-refractivity contribution in [2.24, 2.45) is 10.8 Å². The topological polar surface area (TPSA) is 127 Å². The number of hydrogen-bond acceptors (Lipinski definition) is 7. The largest absolute Gasteiger partial charge is 0.481 e. The van der Waals surface area contributed by atoms with Crippen LogP contribution in [-0.4, -0.2) is 53.1 Å². The van der Waals surface area contributed by atoms with Crippen LogP contribution in [0.1, 0.15) is 111 Å². The minimum atomic E-state index is -1.05. The first-order chi connectivity index (χ1) is 22.0. The second-order valence-corrected chi connectivity index (χ2v) is 13.3. The summed E-state index contributed by atoms with van der Waals surface area (Å²) in [6, 6.07) is 19.0. The zero-order valence-electron chi connectivity index (χ0n) is 30.0. The molecule has 2 aromatic rings. The molecule has 8 nitrogen and oxygen atoms in total. The zero-order valence-corrected chi connectivity index (χ0v) is 30.8. The Morgan fingerprint density at radius 3 is 1.72 bits per heavy atom. The van der Waals surface area contributed by atoms with Gasteiger partial charge in [0.25, 0.3) is 0 Å². The first-order valence-corrected chi connectivity index (χ1v) is 17.2. The quantitative estimate of drug-likeness (QED) is 0.108. The van der Waals surface area contributed by atoms with E-state index in [9.17, 15) is 19.2 Å². The number of hydrogen-bond donors (Lipinski definition) is 2. The molecule has 2 aromatic carbocycles. The number of carboxylic acid groups (broad SMARTS) is 2. The van der Waals surface area contributed by atoms with Crippen LogP contribution in [-0.2, 0) is 28.7 Å². The van der Waals surface area contributed by atoms with Crippen molar-refractivity contribution in [2.45, 2.75) is 105 Å². The Morgan fingerprint density at radius 1 is 0.809 bits per heavy atom. The fraction of sp³-hybridized carbons (Fsp3) is 0.526. The predicted molar refractivity (Wildman–Crippen MR) is 193 cm³/mol. The molecule has 264 valence electrons. The van der Waals surface area contributed by atoms with E-state index in [0.717, 1.165) is 5.75 Å². The van der Waals surface area contributed by atoms with E-state index in [1.165, 1.54) is 22.4 Å². The number of esters is 2. The van der Waals surface area contributed by atoms with E-state index in [0.29, 0.717) is 18.8 Å². The molecule has 0 aliphatic heterocycles. The molecule has 0 spiro atoms. The number of benzene rings is 2. The highest BCUT2D eigenvalue weighted by atomic mass is 32.2. The van der Waals surface area contributed by atoms with Crippen LogP contribution in [0.5, 0.6) is 0 Å². The van der Waals surface area contributed by atoms with Crippen molar-refractivity contribution in [1.29, 1.82) is 0 Å². The van der Waals surface area contributed by atoms with Crippen LogP contribution < -0.4 is 0 Å². The molecule has 1 atom stereocenters. The van der Waals surface area contributed by atoms with Crippen LogP contribution in [0.15, 0.2) is 66.1 Å². The fourth-order valence-electron chi connectivity index (χ4n) is 2.95. The summed E-state index contributed by atoms with van der Waals surface area (Å²) in [5.41, 5.74) is 1.54. The van der Waals surface area contributed by atoms with Crippen molar-refractivity contribution in [1.82, 2.24) is 0 Å². The van der Waals surface area contributed by atoms with Gasteiger partial charge in [0.1, 0.15) is 13.2 Å². The molecule has 0 bridgehead atoms. The van der Waals surface area contributed by atoms with Crippen molar-refractivity contribution in [3.63, 3.8) is 0 Å². The van der Waals surface area contributed by atoms with Gasteiger partial charge in [-0.25, -0.2) is 0 Å². The Balaban J connectivity index is 0. The van der Waals surface area contributed by atoms with Gasteiger partial charge in [0.15, 0.2) is 0 Å². The summed E-state index contributed by atoms with van der Waals surface area (Å²) in [5.74, 6) is -0.874. The number of thioether (sulfide) groups is 1. The highest BCUT2D eigenvalue weighted by Crippen LogP contribution is 2.23. The van der Waals surface area contributed by atoms with Crippen LogP contribution in [0.4, 0.5) is 0 Å². The summed E-state index contributed by atoms with van der Waals surface area (Å²) >= 11 is 1.90. The molecule has 0 aliphatic carbocycles. The molecule has 0 heterocycles. The van der Waals surface area contributed by atoms with E-state index in [1.807, 2.05) is 62.0 Å². The molecule has 0 fully saturated rings. The number of carbonyl (C=O) groups excluding carboxylic acids is 2. The Labute approximate surface area is 287 Å². The second kappa shape index (κ2) is 25.5. The van der Waals surface area contributed by atoms with Crippen LogP contribution >= 0.6 is 11.8 Å². The van der Waals surface area contributed by atoms with Gasteiger partial charge in [-0.2, -0.15) is 0 Å². The molecule has 0 saturated carbocycles. The third-order valence-corrected chi connectivity index (χ3v) is 8.32. The van der Waals surface area contributed by atoms with Gasteiger partial charge in [0.05, 0.1) is 23.7 Å². The average Bonchev–Trinajstić information content (AvgIpc) is 3.06. The molecule has 0 amide bonds. The van der Waals surface area contributed by atoms with Gasteiger partial charge in [-0.15, -0.1) is 11.8 Å². The maximum atomic E-state index is 11.5. The number of rotatable bonds is 15. The summed E-state index contributed by atoms with van der Waals surface area (Å²) in [6.07, 6.45) is 3.96. The molecule has 0 saturated heterocycles. The molecule has 0 aromatic heterocycles. The predicted octanol–water partition coefficient (Wildman–Crippen LogP) is 9.52. The van der Waals surface area contributed by atoms with Crippen molar-refractivity contribution in [3.05, 3.63) is 72.3 Å². The third kappa shape index (κ3) is 22.6. The van der Waals surface area contributed by atoms with Crippen LogP contribution in [0.25, 0.3) is 6.08 Å². The first kappa shape index (κ1) is 45.5. The van der Waals surface area contributed by atoms with Crippen molar-refractivity contribution < 1.29 is 38.9 Å². The van der Waals surface area contributed by atoms with Gasteiger partial charge in [0, 0.05) is 4.90 Å².